The van der Waals surface area contributed by atoms with Crippen molar-refractivity contribution in [1.82, 2.24) is 4.90 Å². The van der Waals surface area contributed by atoms with Crippen LogP contribution in [0.1, 0.15) is 43.1 Å². The molecule has 1 aromatic rings. The Kier molecular flexibility index (Phi) is 5.06. The number of rotatable bonds is 5. The molecule has 1 heterocycles. The van der Waals surface area contributed by atoms with Crippen molar-refractivity contribution in [3.05, 3.63) is 29.3 Å². The first-order valence-electron chi connectivity index (χ1n) is 7.24. The number of carbonyl (C=O) groups is 1. The summed E-state index contributed by atoms with van der Waals surface area (Å²) >= 11 is 5.68. The second-order valence-electron chi connectivity index (χ2n) is 5.56. The molecule has 1 atom stereocenters. The maximum Gasteiger partial charge on any atom is 0.252 e. The van der Waals surface area contributed by atoms with E-state index in [9.17, 15) is 4.79 Å². The normalized spacial score (nSPS) is 18.0. The van der Waals surface area contributed by atoms with Crippen LogP contribution in [0.3, 0.4) is 0 Å². The van der Waals surface area contributed by atoms with Gasteiger partial charge in [0.1, 0.15) is 12.4 Å². The SMILES string of the molecule is CCCN(C(C)C)C1COc2cccc(C(=O)Cl)c2C1. The summed E-state index contributed by atoms with van der Waals surface area (Å²) < 4.78 is 5.85. The number of carbonyl (C=O) groups excluding carboxylic acids is 1. The van der Waals surface area contributed by atoms with Gasteiger partial charge in [-0.25, -0.2) is 0 Å². The quantitative estimate of drug-likeness (QED) is 0.779. The van der Waals surface area contributed by atoms with E-state index in [2.05, 4.69) is 25.7 Å². The smallest absolute Gasteiger partial charge is 0.252 e. The number of nitrogens with zero attached hydrogens (tertiary/aromatic N) is 1. The van der Waals surface area contributed by atoms with Gasteiger partial charge in [-0.2, -0.15) is 0 Å². The van der Waals surface area contributed by atoms with Crippen LogP contribution in [0.25, 0.3) is 0 Å². The van der Waals surface area contributed by atoms with Gasteiger partial charge in [-0.05, 0) is 57.0 Å². The molecule has 0 N–H and O–H groups in total. The molecule has 1 unspecified atom stereocenters. The van der Waals surface area contributed by atoms with Gasteiger partial charge in [0.15, 0.2) is 0 Å². The second kappa shape index (κ2) is 6.59. The molecule has 1 aromatic carbocycles. The lowest BCUT2D eigenvalue weighted by Gasteiger charge is -2.38. The first-order chi connectivity index (χ1) is 9.54. The van der Waals surface area contributed by atoms with Crippen LogP contribution in [0.4, 0.5) is 0 Å². The van der Waals surface area contributed by atoms with Gasteiger partial charge in [0.2, 0.25) is 0 Å². The minimum atomic E-state index is -0.405. The molecule has 1 aliphatic heterocycles. The summed E-state index contributed by atoms with van der Waals surface area (Å²) in [5.41, 5.74) is 1.53. The van der Waals surface area contributed by atoms with Crippen LogP contribution in [-0.4, -0.2) is 35.4 Å². The molecule has 0 fully saturated rings. The van der Waals surface area contributed by atoms with Gasteiger partial charge in [0, 0.05) is 23.2 Å². The molecule has 2 rings (SSSR count). The lowest BCUT2D eigenvalue weighted by Crippen LogP contribution is -2.47. The largest absolute Gasteiger partial charge is 0.492 e. The fourth-order valence-electron chi connectivity index (χ4n) is 2.91. The monoisotopic (exact) mass is 295 g/mol. The van der Waals surface area contributed by atoms with Crippen molar-refractivity contribution < 1.29 is 9.53 Å². The van der Waals surface area contributed by atoms with Crippen molar-refractivity contribution in [3.63, 3.8) is 0 Å². The van der Waals surface area contributed by atoms with E-state index in [1.54, 1.807) is 6.07 Å². The molecule has 3 nitrogen and oxygen atoms in total. The van der Waals surface area contributed by atoms with E-state index in [4.69, 9.17) is 16.3 Å². The number of hydrogen-bond donors (Lipinski definition) is 0. The summed E-state index contributed by atoms with van der Waals surface area (Å²) in [5, 5.41) is -0.405. The van der Waals surface area contributed by atoms with E-state index in [1.807, 2.05) is 12.1 Å². The first-order valence-corrected chi connectivity index (χ1v) is 7.62. The summed E-state index contributed by atoms with van der Waals surface area (Å²) in [7, 11) is 0. The van der Waals surface area contributed by atoms with Gasteiger partial charge >= 0.3 is 0 Å². The van der Waals surface area contributed by atoms with Crippen molar-refractivity contribution in [1.29, 1.82) is 0 Å². The molecule has 0 saturated heterocycles. The second-order valence-corrected chi connectivity index (χ2v) is 5.90. The van der Waals surface area contributed by atoms with Crippen molar-refractivity contribution in [2.45, 2.75) is 45.7 Å². The fourth-order valence-corrected chi connectivity index (χ4v) is 3.09. The summed E-state index contributed by atoms with van der Waals surface area (Å²) in [6, 6.07) is 6.28. The van der Waals surface area contributed by atoms with Gasteiger partial charge in [-0.3, -0.25) is 9.69 Å². The Morgan fingerprint density at radius 3 is 2.85 bits per heavy atom. The van der Waals surface area contributed by atoms with Crippen molar-refractivity contribution in [2.75, 3.05) is 13.2 Å². The molecule has 0 bridgehead atoms. The zero-order chi connectivity index (χ0) is 14.7. The summed E-state index contributed by atoms with van der Waals surface area (Å²) in [6.07, 6.45) is 1.93. The van der Waals surface area contributed by atoms with Gasteiger partial charge < -0.3 is 4.74 Å². The summed E-state index contributed by atoms with van der Waals surface area (Å²) in [4.78, 5) is 14.0. The Hall–Kier alpha value is -1.06. The minimum Gasteiger partial charge on any atom is -0.492 e. The van der Waals surface area contributed by atoms with Crippen LogP contribution in [-0.2, 0) is 6.42 Å². The zero-order valence-corrected chi connectivity index (χ0v) is 13.1. The lowest BCUT2D eigenvalue weighted by atomic mass is 9.96. The van der Waals surface area contributed by atoms with Gasteiger partial charge in [-0.1, -0.05) is 13.0 Å². The fraction of sp³-hybridized carbons (Fsp3) is 0.562. The molecule has 0 saturated carbocycles. The van der Waals surface area contributed by atoms with Crippen LogP contribution < -0.4 is 4.74 Å². The maximum atomic E-state index is 11.5. The Labute approximate surface area is 125 Å². The van der Waals surface area contributed by atoms with E-state index in [-0.39, 0.29) is 0 Å². The van der Waals surface area contributed by atoms with Crippen molar-refractivity contribution >= 4 is 16.8 Å². The number of fused-ring (bicyclic) bond motifs is 1. The molecule has 20 heavy (non-hydrogen) atoms. The predicted molar refractivity (Wildman–Crippen MR) is 81.7 cm³/mol. The molecule has 4 heteroatoms. The molecule has 1 aliphatic rings. The van der Waals surface area contributed by atoms with E-state index < -0.39 is 5.24 Å². The molecule has 110 valence electrons. The van der Waals surface area contributed by atoms with Crippen LogP contribution in [0.2, 0.25) is 0 Å². The summed E-state index contributed by atoms with van der Waals surface area (Å²) in [6.45, 7) is 8.29. The number of benzene rings is 1. The lowest BCUT2D eigenvalue weighted by molar-refractivity contribution is 0.0915. The highest BCUT2D eigenvalue weighted by molar-refractivity contribution is 6.68. The Bertz CT molecular complexity index is 487. The molecule has 0 spiro atoms. The van der Waals surface area contributed by atoms with Crippen LogP contribution in [0.15, 0.2) is 18.2 Å². The van der Waals surface area contributed by atoms with E-state index in [0.29, 0.717) is 24.3 Å². The number of ether oxygens (including phenoxy) is 1. The van der Waals surface area contributed by atoms with Crippen LogP contribution >= 0.6 is 11.6 Å². The highest BCUT2D eigenvalue weighted by Gasteiger charge is 2.29. The van der Waals surface area contributed by atoms with Crippen molar-refractivity contribution in [3.8, 4) is 5.75 Å². The van der Waals surface area contributed by atoms with E-state index in [1.165, 1.54) is 0 Å². The summed E-state index contributed by atoms with van der Waals surface area (Å²) in [5.74, 6) is 0.799. The predicted octanol–water partition coefficient (Wildman–Crippen LogP) is 3.49. The molecule has 0 aromatic heterocycles. The third kappa shape index (κ3) is 3.15. The Morgan fingerprint density at radius 2 is 2.25 bits per heavy atom. The van der Waals surface area contributed by atoms with Gasteiger partial charge in [-0.15, -0.1) is 0 Å². The number of hydrogen-bond acceptors (Lipinski definition) is 3. The first kappa shape index (κ1) is 15.3. The minimum absolute atomic E-state index is 0.305. The van der Waals surface area contributed by atoms with E-state index in [0.717, 1.165) is 30.7 Å². The third-order valence-corrected chi connectivity index (χ3v) is 4.03. The highest BCUT2D eigenvalue weighted by atomic mass is 35.5. The van der Waals surface area contributed by atoms with Crippen molar-refractivity contribution in [2.24, 2.45) is 0 Å². The number of halogens is 1. The molecule has 0 radical (unpaired) electrons. The topological polar surface area (TPSA) is 29.5 Å². The standard InChI is InChI=1S/C16H22ClNO2/c1-4-8-18(11(2)3)12-9-14-13(16(17)19)6-5-7-15(14)20-10-12/h5-7,11-12H,4,8-10H2,1-3H3. The molecular weight excluding hydrogens is 274 g/mol. The van der Waals surface area contributed by atoms with Gasteiger partial charge in [0.05, 0.1) is 0 Å². The van der Waals surface area contributed by atoms with Crippen LogP contribution in [0.5, 0.6) is 5.75 Å². The molecule has 0 aliphatic carbocycles. The maximum absolute atomic E-state index is 11.5. The zero-order valence-electron chi connectivity index (χ0n) is 12.4. The average molecular weight is 296 g/mol. The van der Waals surface area contributed by atoms with Crippen LogP contribution in [0, 0.1) is 0 Å². The molecule has 0 amide bonds. The average Bonchev–Trinajstić information content (AvgIpc) is 2.43. The Morgan fingerprint density at radius 1 is 1.50 bits per heavy atom. The third-order valence-electron chi connectivity index (χ3n) is 3.83. The highest BCUT2D eigenvalue weighted by Crippen LogP contribution is 2.31. The van der Waals surface area contributed by atoms with E-state index >= 15 is 0 Å². The Balaban J connectivity index is 2.27. The van der Waals surface area contributed by atoms with Gasteiger partial charge in [0.25, 0.3) is 5.24 Å². The molecular formula is C16H22ClNO2.